The highest BCUT2D eigenvalue weighted by molar-refractivity contribution is 7.80. The maximum atomic E-state index is 13.5. The molecule has 0 atom stereocenters. The Hall–Kier alpha value is -2.49. The molecule has 0 radical (unpaired) electrons. The van der Waals surface area contributed by atoms with Gasteiger partial charge in [-0.05, 0) is 44.3 Å². The van der Waals surface area contributed by atoms with Crippen molar-refractivity contribution in [3.05, 3.63) is 46.0 Å². The first kappa shape index (κ1) is 20.2. The van der Waals surface area contributed by atoms with Gasteiger partial charge in [-0.15, -0.1) is 0 Å². The molecule has 0 aliphatic carbocycles. The number of halogens is 3. The molecule has 0 amide bonds. The van der Waals surface area contributed by atoms with Gasteiger partial charge in [0.25, 0.3) is 0 Å². The molecule has 0 aliphatic heterocycles. The van der Waals surface area contributed by atoms with Gasteiger partial charge in [0, 0.05) is 11.6 Å². The normalized spacial score (nSPS) is 11.5. The molecule has 4 N–H and O–H groups in total. The number of fused-ring (bicyclic) bond motifs is 1. The monoisotopic (exact) mass is 439 g/mol. The Labute approximate surface area is 175 Å². The molecule has 3 aromatic rings. The average Bonchev–Trinajstić information content (AvgIpc) is 2.98. The fourth-order valence-electron chi connectivity index (χ4n) is 2.58. The highest BCUT2D eigenvalue weighted by Gasteiger charge is 2.21. The van der Waals surface area contributed by atoms with Gasteiger partial charge >= 0.3 is 0 Å². The lowest BCUT2D eigenvalue weighted by atomic mass is 10.1. The van der Waals surface area contributed by atoms with Crippen molar-refractivity contribution >= 4 is 58.2 Å². The van der Waals surface area contributed by atoms with E-state index >= 15 is 0 Å². The summed E-state index contributed by atoms with van der Waals surface area (Å²) in [7, 11) is 0. The van der Waals surface area contributed by atoms with Crippen LogP contribution in [0.15, 0.2) is 29.5 Å². The zero-order valence-electron chi connectivity index (χ0n) is 14.9. The second-order valence-corrected chi connectivity index (χ2v) is 7.32. The molecule has 0 saturated heterocycles. The zero-order valence-corrected chi connectivity index (χ0v) is 17.2. The Balaban J connectivity index is 2.23. The Morgan fingerprint density at radius 3 is 2.79 bits per heavy atom. The van der Waals surface area contributed by atoms with Gasteiger partial charge in [-0.25, -0.2) is 9.37 Å². The number of hydrogen-bond donors (Lipinski definition) is 3. The van der Waals surface area contributed by atoms with Gasteiger partial charge in [-0.3, -0.25) is 5.43 Å². The Bertz CT molecular complexity index is 1080. The van der Waals surface area contributed by atoms with Crippen LogP contribution in [-0.4, -0.2) is 32.0 Å². The van der Waals surface area contributed by atoms with Crippen LogP contribution >= 0.6 is 35.4 Å². The molecule has 3 rings (SSSR count). The standard InChI is InChI=1S/C17H16Cl2FN7S/c1-8(2)24-16-13(11-4-3-10(20)5-12(11)18)14(19)25-15-9(7-23-27(15)16)6-22-26-17(21)28/h3-8,24H,1-2H3,(H3,21,26,28)/b22-6-. The molecule has 28 heavy (non-hydrogen) atoms. The van der Waals surface area contributed by atoms with Gasteiger partial charge in [0.15, 0.2) is 10.8 Å². The van der Waals surface area contributed by atoms with E-state index in [9.17, 15) is 4.39 Å². The second kappa shape index (κ2) is 8.26. The lowest BCUT2D eigenvalue weighted by Crippen LogP contribution is -2.24. The van der Waals surface area contributed by atoms with Gasteiger partial charge in [0.1, 0.15) is 16.8 Å². The summed E-state index contributed by atoms with van der Waals surface area (Å²) in [4.78, 5) is 4.43. The zero-order chi connectivity index (χ0) is 20.4. The van der Waals surface area contributed by atoms with Gasteiger partial charge < -0.3 is 11.1 Å². The molecule has 2 aromatic heterocycles. The number of hydrazone groups is 1. The first-order chi connectivity index (χ1) is 13.3. The first-order valence-electron chi connectivity index (χ1n) is 8.15. The second-order valence-electron chi connectivity index (χ2n) is 6.12. The number of benzene rings is 1. The minimum atomic E-state index is -0.444. The van der Waals surface area contributed by atoms with Crippen LogP contribution in [-0.2, 0) is 0 Å². The van der Waals surface area contributed by atoms with Crippen LogP contribution in [0.25, 0.3) is 16.8 Å². The number of aromatic nitrogens is 3. The quantitative estimate of drug-likeness (QED) is 0.242. The van der Waals surface area contributed by atoms with Crippen molar-refractivity contribution in [2.75, 3.05) is 5.32 Å². The maximum absolute atomic E-state index is 13.5. The molecule has 0 spiro atoms. The Morgan fingerprint density at radius 1 is 1.39 bits per heavy atom. The van der Waals surface area contributed by atoms with Crippen LogP contribution in [0.3, 0.4) is 0 Å². The summed E-state index contributed by atoms with van der Waals surface area (Å²) in [5.41, 5.74) is 9.93. The van der Waals surface area contributed by atoms with Crippen LogP contribution < -0.4 is 16.5 Å². The van der Waals surface area contributed by atoms with Crippen molar-refractivity contribution in [1.29, 1.82) is 0 Å². The van der Waals surface area contributed by atoms with E-state index in [0.29, 0.717) is 28.2 Å². The molecule has 1 aromatic carbocycles. The third kappa shape index (κ3) is 4.16. The summed E-state index contributed by atoms with van der Waals surface area (Å²) < 4.78 is 15.1. The van der Waals surface area contributed by atoms with Crippen LogP contribution in [0.2, 0.25) is 10.2 Å². The lowest BCUT2D eigenvalue weighted by Gasteiger charge is -2.18. The number of nitrogens with one attached hydrogen (secondary N) is 2. The van der Waals surface area contributed by atoms with Crippen molar-refractivity contribution in [3.8, 4) is 11.1 Å². The van der Waals surface area contributed by atoms with E-state index in [1.54, 1.807) is 16.8 Å². The number of thiocarbonyl (C=S) groups is 1. The van der Waals surface area contributed by atoms with Crippen molar-refractivity contribution in [2.24, 2.45) is 10.8 Å². The summed E-state index contributed by atoms with van der Waals surface area (Å²) in [6.45, 7) is 3.93. The molecule has 7 nitrogen and oxygen atoms in total. The predicted molar refractivity (Wildman–Crippen MR) is 115 cm³/mol. The molecule has 2 heterocycles. The number of anilines is 1. The molecule has 0 aliphatic rings. The number of nitrogens with zero attached hydrogens (tertiary/aromatic N) is 4. The molecular formula is C17H16Cl2FN7S. The minimum absolute atomic E-state index is 0.0362. The van der Waals surface area contributed by atoms with E-state index < -0.39 is 5.82 Å². The highest BCUT2D eigenvalue weighted by Crippen LogP contribution is 2.39. The van der Waals surface area contributed by atoms with Gasteiger partial charge in [-0.1, -0.05) is 23.2 Å². The predicted octanol–water partition coefficient (Wildman–Crippen LogP) is 3.83. The molecule has 11 heteroatoms. The van der Waals surface area contributed by atoms with Crippen LogP contribution in [0.1, 0.15) is 19.4 Å². The van der Waals surface area contributed by atoms with E-state index in [0.717, 1.165) is 0 Å². The SMILES string of the molecule is CC(C)Nc1c(-c2ccc(F)cc2Cl)c(Cl)nc2c(/C=N\NC(N)=S)cnn12. The van der Waals surface area contributed by atoms with E-state index in [4.69, 9.17) is 41.2 Å². The van der Waals surface area contributed by atoms with Crippen LogP contribution in [0, 0.1) is 5.82 Å². The van der Waals surface area contributed by atoms with Crippen LogP contribution in [0.5, 0.6) is 0 Å². The van der Waals surface area contributed by atoms with Crippen molar-refractivity contribution in [1.82, 2.24) is 20.0 Å². The third-order valence-corrected chi connectivity index (χ3v) is 4.31. The topological polar surface area (TPSA) is 92.6 Å². The summed E-state index contributed by atoms with van der Waals surface area (Å²) in [6, 6.07) is 4.13. The fraction of sp³-hybridized carbons (Fsp3) is 0.176. The van der Waals surface area contributed by atoms with Crippen molar-refractivity contribution in [3.63, 3.8) is 0 Å². The van der Waals surface area contributed by atoms with E-state index in [1.165, 1.54) is 18.3 Å². The third-order valence-electron chi connectivity index (χ3n) is 3.63. The molecule has 0 bridgehead atoms. The van der Waals surface area contributed by atoms with Crippen LogP contribution in [0.4, 0.5) is 10.2 Å². The minimum Gasteiger partial charge on any atom is -0.375 e. The van der Waals surface area contributed by atoms with E-state index in [1.807, 2.05) is 13.8 Å². The molecule has 0 saturated carbocycles. The molecular weight excluding hydrogens is 424 g/mol. The van der Waals surface area contributed by atoms with E-state index in [-0.39, 0.29) is 21.3 Å². The van der Waals surface area contributed by atoms with Crippen molar-refractivity contribution < 1.29 is 4.39 Å². The maximum Gasteiger partial charge on any atom is 0.184 e. The van der Waals surface area contributed by atoms with Gasteiger partial charge in [-0.2, -0.15) is 14.7 Å². The smallest absolute Gasteiger partial charge is 0.184 e. The van der Waals surface area contributed by atoms with Gasteiger partial charge in [0.05, 0.1) is 28.6 Å². The Morgan fingerprint density at radius 2 is 2.14 bits per heavy atom. The van der Waals surface area contributed by atoms with Crippen molar-refractivity contribution in [2.45, 2.75) is 19.9 Å². The summed E-state index contributed by atoms with van der Waals surface area (Å²) >= 11 is 17.5. The summed E-state index contributed by atoms with van der Waals surface area (Å²) in [6.07, 6.45) is 3.06. The van der Waals surface area contributed by atoms with E-state index in [2.05, 4.69) is 25.9 Å². The fourth-order valence-corrected chi connectivity index (χ4v) is 3.16. The number of hydrogen-bond acceptors (Lipinski definition) is 5. The highest BCUT2D eigenvalue weighted by atomic mass is 35.5. The average molecular weight is 440 g/mol. The molecule has 0 unspecified atom stereocenters. The summed E-state index contributed by atoms with van der Waals surface area (Å²) in [5.74, 6) is 0.126. The largest absolute Gasteiger partial charge is 0.375 e. The lowest BCUT2D eigenvalue weighted by molar-refractivity contribution is 0.628. The van der Waals surface area contributed by atoms with Gasteiger partial charge in [0.2, 0.25) is 0 Å². The first-order valence-corrected chi connectivity index (χ1v) is 9.32. The number of nitrogens with two attached hydrogens (primary N) is 1. The summed E-state index contributed by atoms with van der Waals surface area (Å²) in [5, 5.41) is 12.0. The molecule has 0 fully saturated rings. The molecule has 146 valence electrons. The Kier molecular flexibility index (Phi) is 5.97. The number of rotatable bonds is 5.